The molecule has 0 bridgehead atoms. The lowest BCUT2D eigenvalue weighted by Gasteiger charge is -2.19. The molecule has 4 N–H and O–H groups in total. The van der Waals surface area contributed by atoms with Gasteiger partial charge >= 0.3 is 18.2 Å². The molecule has 0 radical (unpaired) electrons. The van der Waals surface area contributed by atoms with Gasteiger partial charge in [0.05, 0.1) is 18.6 Å². The van der Waals surface area contributed by atoms with Crippen molar-refractivity contribution in [2.45, 2.75) is 77.0 Å². The summed E-state index contributed by atoms with van der Waals surface area (Å²) in [5.74, 6) is -0.718. The highest BCUT2D eigenvalue weighted by Gasteiger charge is 2.38. The summed E-state index contributed by atoms with van der Waals surface area (Å²) < 4.78 is 59.8. The molecule has 4 aliphatic carbocycles. The van der Waals surface area contributed by atoms with Crippen LogP contribution >= 0.6 is 0 Å². The van der Waals surface area contributed by atoms with Crippen molar-refractivity contribution in [1.29, 1.82) is 0 Å². The van der Waals surface area contributed by atoms with Gasteiger partial charge in [0.2, 0.25) is 26.0 Å². The lowest BCUT2D eigenvalue weighted by atomic mass is 9.87. The van der Waals surface area contributed by atoms with Gasteiger partial charge in [0, 0.05) is 45.5 Å². The number of ether oxygens (including phenoxy) is 1. The number of benzene rings is 2. The predicted molar refractivity (Wildman–Crippen MR) is 204 cm³/mol. The number of hydrogen-bond donors (Lipinski definition) is 4. The Balaban J connectivity index is 1.14. The van der Waals surface area contributed by atoms with E-state index in [9.17, 15) is 36.0 Å². The standard InChI is InChI=1S/C37H50N6O9S2/c1-42(2)32(44)12-15-54(50,51)41-36(46)39-34-29-11-6-9-23(29)17-27-19-25(21-31(27)34)24-18-26-16-22-8-5-10-28(22)33(30(26)20-24)38-35(45)40-53(48,49)14-7-13-43(3)37(47)52-4/h16-17,24-25H,5-15,18-21H2,1-4H3,(H2,38,40,45)(H2,39,41,46). The zero-order valence-electron chi connectivity index (χ0n) is 31.3. The van der Waals surface area contributed by atoms with Crippen molar-refractivity contribution in [2.24, 2.45) is 11.8 Å². The first kappa shape index (κ1) is 39.3. The molecule has 0 spiro atoms. The Morgan fingerprint density at radius 1 is 0.685 bits per heavy atom. The Bertz CT molecular complexity index is 2080. The van der Waals surface area contributed by atoms with Gasteiger partial charge in [-0.1, -0.05) is 12.1 Å². The second-order valence-electron chi connectivity index (χ2n) is 15.1. The third-order valence-electron chi connectivity index (χ3n) is 11.2. The van der Waals surface area contributed by atoms with Gasteiger partial charge in [-0.2, -0.15) is 0 Å². The van der Waals surface area contributed by atoms with Gasteiger partial charge in [-0.25, -0.2) is 40.7 Å². The number of nitrogens with one attached hydrogen (secondary N) is 4. The second-order valence-corrected chi connectivity index (χ2v) is 18.8. The topological polar surface area (TPSA) is 200 Å². The third-order valence-corrected chi connectivity index (χ3v) is 13.8. The molecule has 0 saturated carbocycles. The third kappa shape index (κ3) is 8.77. The number of anilines is 2. The molecular weight excluding hydrogens is 737 g/mol. The first-order chi connectivity index (χ1) is 25.5. The van der Waals surface area contributed by atoms with E-state index in [1.165, 1.54) is 35.1 Å². The Hall–Kier alpha value is -4.38. The van der Waals surface area contributed by atoms with E-state index in [0.29, 0.717) is 24.2 Å². The van der Waals surface area contributed by atoms with Crippen LogP contribution in [0.15, 0.2) is 12.1 Å². The largest absolute Gasteiger partial charge is 0.453 e. The summed E-state index contributed by atoms with van der Waals surface area (Å²) in [7, 11) is -2.19. The van der Waals surface area contributed by atoms with Crippen molar-refractivity contribution < 1.29 is 40.8 Å². The highest BCUT2D eigenvalue weighted by Crippen LogP contribution is 2.47. The van der Waals surface area contributed by atoms with E-state index in [1.807, 2.05) is 0 Å². The Labute approximate surface area is 317 Å². The van der Waals surface area contributed by atoms with Crippen LogP contribution in [0, 0.1) is 11.8 Å². The fraction of sp³-hybridized carbons (Fsp3) is 0.568. The summed E-state index contributed by atoms with van der Waals surface area (Å²) in [5, 5.41) is 5.81. The fourth-order valence-corrected chi connectivity index (χ4v) is 10.4. The van der Waals surface area contributed by atoms with Crippen molar-refractivity contribution in [3.05, 3.63) is 56.6 Å². The quantitative estimate of drug-likeness (QED) is 0.249. The molecule has 294 valence electrons. The first-order valence-corrected chi connectivity index (χ1v) is 21.8. The number of carbonyl (C=O) groups excluding carboxylic acids is 4. The number of fused-ring (bicyclic) bond motifs is 4. The molecule has 2 aromatic rings. The summed E-state index contributed by atoms with van der Waals surface area (Å²) in [6.07, 6.45) is 7.55. The predicted octanol–water partition coefficient (Wildman–Crippen LogP) is 3.26. The maximum atomic E-state index is 13.2. The molecular formula is C37H50N6O9S2. The van der Waals surface area contributed by atoms with Crippen LogP contribution in [0.1, 0.15) is 70.2 Å². The van der Waals surface area contributed by atoms with E-state index in [2.05, 4.69) is 36.9 Å². The number of nitrogens with zero attached hydrogens (tertiary/aromatic N) is 2. The van der Waals surface area contributed by atoms with E-state index in [-0.39, 0.29) is 42.9 Å². The average Bonchev–Trinajstić information content (AvgIpc) is 3.91. The number of sulfonamides is 2. The summed E-state index contributed by atoms with van der Waals surface area (Å²) in [5.41, 5.74) is 10.2. The number of amides is 6. The Morgan fingerprint density at radius 2 is 1.17 bits per heavy atom. The molecule has 54 heavy (non-hydrogen) atoms. The van der Waals surface area contributed by atoms with Crippen LogP contribution in [-0.4, -0.2) is 97.0 Å². The van der Waals surface area contributed by atoms with E-state index >= 15 is 0 Å². The Morgan fingerprint density at radius 3 is 1.63 bits per heavy atom. The van der Waals surface area contributed by atoms with Gasteiger partial charge in [0.25, 0.3) is 0 Å². The highest BCUT2D eigenvalue weighted by atomic mass is 32.2. The van der Waals surface area contributed by atoms with Gasteiger partial charge in [0.15, 0.2) is 0 Å². The van der Waals surface area contributed by atoms with Crippen LogP contribution in [0.4, 0.5) is 25.8 Å². The lowest BCUT2D eigenvalue weighted by Crippen LogP contribution is -2.37. The number of carbonyl (C=O) groups is 4. The van der Waals surface area contributed by atoms with Crippen molar-refractivity contribution in [3.63, 3.8) is 0 Å². The summed E-state index contributed by atoms with van der Waals surface area (Å²) in [6.45, 7) is 0.150. The number of methoxy groups -OCH3 is 1. The molecule has 2 aromatic carbocycles. The van der Waals surface area contributed by atoms with Gasteiger partial charge in [-0.15, -0.1) is 0 Å². The molecule has 6 rings (SSSR count). The SMILES string of the molecule is COC(=O)N(C)CCCS(=O)(=O)NC(=O)Nc1c2c(cc3c1CC(C1Cc4cc5c(c(NC(=O)NS(=O)(=O)CCC(=O)N(C)C)c4C1)CCC5)C3)CCC2. The van der Waals surface area contributed by atoms with Crippen molar-refractivity contribution >= 4 is 55.5 Å². The van der Waals surface area contributed by atoms with Crippen LogP contribution < -0.4 is 20.1 Å². The van der Waals surface area contributed by atoms with Crippen molar-refractivity contribution in [3.8, 4) is 0 Å². The van der Waals surface area contributed by atoms with Crippen LogP contribution in [0.2, 0.25) is 0 Å². The second kappa shape index (κ2) is 15.8. The zero-order chi connectivity index (χ0) is 38.9. The van der Waals surface area contributed by atoms with Gasteiger partial charge in [-0.05, 0) is 127 Å². The minimum atomic E-state index is -4.05. The van der Waals surface area contributed by atoms with Gasteiger partial charge in [0.1, 0.15) is 0 Å². The minimum absolute atomic E-state index is 0.124. The molecule has 0 aromatic heterocycles. The first-order valence-electron chi connectivity index (χ1n) is 18.5. The number of hydrogen-bond acceptors (Lipinski definition) is 9. The molecule has 0 heterocycles. The fourth-order valence-electron chi connectivity index (χ4n) is 8.58. The molecule has 2 atom stereocenters. The smallest absolute Gasteiger partial charge is 0.409 e. The lowest BCUT2D eigenvalue weighted by molar-refractivity contribution is -0.128. The molecule has 4 aliphatic rings. The monoisotopic (exact) mass is 786 g/mol. The van der Waals surface area contributed by atoms with E-state index < -0.39 is 44.0 Å². The molecule has 2 unspecified atom stereocenters. The average molecular weight is 787 g/mol. The minimum Gasteiger partial charge on any atom is -0.453 e. The zero-order valence-corrected chi connectivity index (χ0v) is 32.9. The van der Waals surface area contributed by atoms with Crippen molar-refractivity contribution in [2.75, 3.05) is 56.9 Å². The summed E-state index contributed by atoms with van der Waals surface area (Å²) >= 11 is 0. The van der Waals surface area contributed by atoms with Gasteiger partial charge < -0.3 is 25.2 Å². The summed E-state index contributed by atoms with van der Waals surface area (Å²) in [6, 6.07) is 2.83. The normalized spacial score (nSPS) is 18.2. The van der Waals surface area contributed by atoms with Crippen LogP contribution in [0.5, 0.6) is 0 Å². The number of urea groups is 2. The van der Waals surface area contributed by atoms with Crippen LogP contribution in [-0.2, 0) is 80.9 Å². The molecule has 0 aliphatic heterocycles. The van der Waals surface area contributed by atoms with E-state index in [0.717, 1.165) is 84.7 Å². The molecule has 0 fully saturated rings. The molecule has 0 saturated heterocycles. The summed E-state index contributed by atoms with van der Waals surface area (Å²) in [4.78, 5) is 52.4. The maximum Gasteiger partial charge on any atom is 0.409 e. The highest BCUT2D eigenvalue weighted by molar-refractivity contribution is 7.90. The van der Waals surface area contributed by atoms with E-state index in [1.54, 1.807) is 14.1 Å². The van der Waals surface area contributed by atoms with Gasteiger partial charge in [-0.3, -0.25) is 4.79 Å². The van der Waals surface area contributed by atoms with Crippen molar-refractivity contribution in [1.82, 2.24) is 19.2 Å². The molecule has 15 nitrogen and oxygen atoms in total. The molecule has 17 heteroatoms. The van der Waals surface area contributed by atoms with E-state index in [4.69, 9.17) is 0 Å². The van der Waals surface area contributed by atoms with Crippen LogP contribution in [0.3, 0.4) is 0 Å². The Kier molecular flexibility index (Phi) is 11.5. The number of rotatable bonds is 12. The maximum absolute atomic E-state index is 13.2. The molecule has 6 amide bonds. The number of aryl methyl sites for hydroxylation is 2. The van der Waals surface area contributed by atoms with Crippen LogP contribution in [0.25, 0.3) is 0 Å².